The first-order chi connectivity index (χ1) is 10.1. The Morgan fingerprint density at radius 3 is 2.86 bits per heavy atom. The lowest BCUT2D eigenvalue weighted by Crippen LogP contribution is -2.35. The number of carbonyl (C=O) groups is 1. The molecule has 0 radical (unpaired) electrons. The van der Waals surface area contributed by atoms with E-state index in [1.807, 2.05) is 17.2 Å². The van der Waals surface area contributed by atoms with E-state index in [4.69, 9.17) is 0 Å². The van der Waals surface area contributed by atoms with E-state index in [1.165, 1.54) is 12.1 Å². The smallest absolute Gasteiger partial charge is 0.241 e. The van der Waals surface area contributed by atoms with E-state index in [9.17, 15) is 9.18 Å². The van der Waals surface area contributed by atoms with Crippen molar-refractivity contribution in [3.63, 3.8) is 0 Å². The second-order valence-electron chi connectivity index (χ2n) is 5.50. The molecule has 3 atom stereocenters. The van der Waals surface area contributed by atoms with Crippen LogP contribution in [0.5, 0.6) is 0 Å². The molecule has 1 amide bonds. The van der Waals surface area contributed by atoms with Gasteiger partial charge in [0.1, 0.15) is 12.0 Å². The molecule has 21 heavy (non-hydrogen) atoms. The van der Waals surface area contributed by atoms with E-state index in [-0.39, 0.29) is 23.9 Å². The number of rotatable bonds is 6. The van der Waals surface area contributed by atoms with Crippen LogP contribution in [0.1, 0.15) is 38.4 Å². The summed E-state index contributed by atoms with van der Waals surface area (Å²) in [6.45, 7) is 4.85. The van der Waals surface area contributed by atoms with Gasteiger partial charge in [0.2, 0.25) is 5.91 Å². The molecule has 3 nitrogen and oxygen atoms in total. The first-order valence-corrected chi connectivity index (χ1v) is 8.70. The van der Waals surface area contributed by atoms with Crippen molar-refractivity contribution in [1.29, 1.82) is 0 Å². The first kappa shape index (κ1) is 16.3. The minimum absolute atomic E-state index is 0.131. The van der Waals surface area contributed by atoms with Crippen molar-refractivity contribution in [3.05, 3.63) is 35.6 Å². The van der Waals surface area contributed by atoms with Crippen LogP contribution in [0, 0.1) is 5.82 Å². The van der Waals surface area contributed by atoms with E-state index >= 15 is 0 Å². The van der Waals surface area contributed by atoms with Gasteiger partial charge >= 0.3 is 0 Å². The van der Waals surface area contributed by atoms with Crippen LogP contribution in [0.3, 0.4) is 0 Å². The SMILES string of the molecule is CCCC1NC(c2cccc(F)c2)N(CC(C)SC)C1=O. The molecule has 1 aromatic rings. The molecule has 1 aliphatic rings. The summed E-state index contributed by atoms with van der Waals surface area (Å²) in [6.07, 6.45) is 3.58. The summed E-state index contributed by atoms with van der Waals surface area (Å²) >= 11 is 1.73. The molecule has 1 aromatic carbocycles. The summed E-state index contributed by atoms with van der Waals surface area (Å²) in [4.78, 5) is 14.4. The molecular formula is C16H23FN2OS. The number of hydrogen-bond donors (Lipinski definition) is 1. The zero-order chi connectivity index (χ0) is 15.4. The first-order valence-electron chi connectivity index (χ1n) is 7.41. The fourth-order valence-electron chi connectivity index (χ4n) is 2.67. The molecule has 1 fully saturated rings. The second-order valence-corrected chi connectivity index (χ2v) is 6.78. The summed E-state index contributed by atoms with van der Waals surface area (Å²) < 4.78 is 13.5. The van der Waals surface area contributed by atoms with Gasteiger partial charge in [-0.25, -0.2) is 4.39 Å². The van der Waals surface area contributed by atoms with Crippen LogP contribution in [-0.4, -0.2) is 34.9 Å². The molecule has 3 unspecified atom stereocenters. The van der Waals surface area contributed by atoms with E-state index in [0.717, 1.165) is 18.4 Å². The van der Waals surface area contributed by atoms with Crippen LogP contribution in [0.25, 0.3) is 0 Å². The van der Waals surface area contributed by atoms with Gasteiger partial charge in [0.15, 0.2) is 0 Å². The summed E-state index contributed by atoms with van der Waals surface area (Å²) in [5.74, 6) is -0.134. The predicted molar refractivity (Wildman–Crippen MR) is 85.7 cm³/mol. The summed E-state index contributed by atoms with van der Waals surface area (Å²) in [5, 5.41) is 3.72. The van der Waals surface area contributed by atoms with E-state index in [0.29, 0.717) is 11.8 Å². The van der Waals surface area contributed by atoms with Crippen LogP contribution in [0.2, 0.25) is 0 Å². The van der Waals surface area contributed by atoms with Crippen molar-refractivity contribution in [2.24, 2.45) is 0 Å². The number of carbonyl (C=O) groups excluding carboxylic acids is 1. The van der Waals surface area contributed by atoms with Gasteiger partial charge in [0.25, 0.3) is 0 Å². The van der Waals surface area contributed by atoms with E-state index in [1.54, 1.807) is 17.8 Å². The maximum Gasteiger partial charge on any atom is 0.241 e. The number of halogens is 1. The number of thioether (sulfide) groups is 1. The lowest BCUT2D eigenvalue weighted by molar-refractivity contribution is -0.130. The highest BCUT2D eigenvalue weighted by Gasteiger charge is 2.39. The molecule has 0 spiro atoms. The molecule has 1 saturated heterocycles. The highest BCUT2D eigenvalue weighted by Crippen LogP contribution is 2.28. The zero-order valence-corrected chi connectivity index (χ0v) is 13.6. The van der Waals surface area contributed by atoms with Crippen molar-refractivity contribution in [2.75, 3.05) is 12.8 Å². The number of nitrogens with zero attached hydrogens (tertiary/aromatic N) is 1. The Labute approximate surface area is 130 Å². The maximum atomic E-state index is 13.5. The van der Waals surface area contributed by atoms with Gasteiger partial charge in [-0.3, -0.25) is 10.1 Å². The highest BCUT2D eigenvalue weighted by molar-refractivity contribution is 7.99. The van der Waals surface area contributed by atoms with Crippen LogP contribution in [0.15, 0.2) is 24.3 Å². The van der Waals surface area contributed by atoms with Crippen molar-refractivity contribution in [2.45, 2.75) is 44.1 Å². The molecule has 0 bridgehead atoms. The molecule has 2 rings (SSSR count). The Kier molecular flexibility index (Phi) is 5.65. The van der Waals surface area contributed by atoms with Crippen molar-refractivity contribution in [1.82, 2.24) is 10.2 Å². The Bertz CT molecular complexity index is 497. The molecule has 1 aliphatic heterocycles. The summed E-state index contributed by atoms with van der Waals surface area (Å²) in [6, 6.07) is 6.35. The topological polar surface area (TPSA) is 32.3 Å². The lowest BCUT2D eigenvalue weighted by atomic mass is 10.1. The predicted octanol–water partition coefficient (Wildman–Crippen LogP) is 3.18. The van der Waals surface area contributed by atoms with Gasteiger partial charge in [0, 0.05) is 11.8 Å². The van der Waals surface area contributed by atoms with Crippen molar-refractivity contribution >= 4 is 17.7 Å². The molecule has 116 valence electrons. The quantitative estimate of drug-likeness (QED) is 0.876. The number of hydrogen-bond acceptors (Lipinski definition) is 3. The third kappa shape index (κ3) is 3.77. The van der Waals surface area contributed by atoms with Crippen molar-refractivity contribution in [3.8, 4) is 0 Å². The standard InChI is InChI=1S/C16H23FN2OS/c1-4-6-14-16(20)19(10-11(2)21-3)15(18-14)12-7-5-8-13(17)9-12/h5,7-9,11,14-15,18H,4,6,10H2,1-3H3. The minimum Gasteiger partial charge on any atom is -0.320 e. The maximum absolute atomic E-state index is 13.5. The third-order valence-corrected chi connectivity index (χ3v) is 4.80. The Morgan fingerprint density at radius 2 is 2.24 bits per heavy atom. The molecule has 1 N–H and O–H groups in total. The molecule has 0 aliphatic carbocycles. The third-order valence-electron chi connectivity index (χ3n) is 3.85. The number of benzene rings is 1. The highest BCUT2D eigenvalue weighted by atomic mass is 32.2. The zero-order valence-electron chi connectivity index (χ0n) is 12.8. The number of nitrogens with one attached hydrogen (secondary N) is 1. The van der Waals surface area contributed by atoms with Crippen molar-refractivity contribution < 1.29 is 9.18 Å². The Morgan fingerprint density at radius 1 is 1.48 bits per heavy atom. The largest absolute Gasteiger partial charge is 0.320 e. The van der Waals surface area contributed by atoms with E-state index < -0.39 is 0 Å². The Balaban J connectivity index is 2.25. The Hall–Kier alpha value is -1.07. The second kappa shape index (κ2) is 7.27. The van der Waals surface area contributed by atoms with E-state index in [2.05, 4.69) is 19.2 Å². The number of amides is 1. The van der Waals surface area contributed by atoms with Gasteiger partial charge in [0.05, 0.1) is 6.04 Å². The summed E-state index contributed by atoms with van der Waals surface area (Å²) in [7, 11) is 0. The average molecular weight is 310 g/mol. The normalized spacial score (nSPS) is 23.6. The fourth-order valence-corrected chi connectivity index (χ4v) is 2.98. The fraction of sp³-hybridized carbons (Fsp3) is 0.562. The van der Waals surface area contributed by atoms with Gasteiger partial charge in [-0.05, 0) is 30.4 Å². The molecule has 5 heteroatoms. The molecule has 0 aromatic heterocycles. The van der Waals surface area contributed by atoms with Crippen LogP contribution in [-0.2, 0) is 4.79 Å². The molecular weight excluding hydrogens is 287 g/mol. The molecule has 1 heterocycles. The van der Waals surface area contributed by atoms with Crippen LogP contribution in [0.4, 0.5) is 4.39 Å². The van der Waals surface area contributed by atoms with Crippen LogP contribution >= 0.6 is 11.8 Å². The monoisotopic (exact) mass is 310 g/mol. The summed E-state index contributed by atoms with van der Waals surface area (Å²) in [5.41, 5.74) is 0.815. The minimum atomic E-state index is -0.265. The van der Waals surface area contributed by atoms with Gasteiger partial charge in [-0.1, -0.05) is 32.4 Å². The van der Waals surface area contributed by atoms with Crippen LogP contribution < -0.4 is 5.32 Å². The average Bonchev–Trinajstić information content (AvgIpc) is 2.77. The van der Waals surface area contributed by atoms with Gasteiger partial charge in [-0.2, -0.15) is 11.8 Å². The lowest BCUT2D eigenvalue weighted by Gasteiger charge is -2.26. The van der Waals surface area contributed by atoms with Gasteiger partial charge < -0.3 is 4.90 Å². The van der Waals surface area contributed by atoms with Gasteiger partial charge in [-0.15, -0.1) is 0 Å². The molecule has 0 saturated carbocycles.